The number of ether oxygens (including phenoxy) is 1. The van der Waals surface area contributed by atoms with E-state index in [-0.39, 0.29) is 10.8 Å². The summed E-state index contributed by atoms with van der Waals surface area (Å²) in [5.74, 6) is 0.571. The van der Waals surface area contributed by atoms with Crippen molar-refractivity contribution in [2.45, 2.75) is 24.7 Å². The Morgan fingerprint density at radius 2 is 2.00 bits per heavy atom. The van der Waals surface area contributed by atoms with Gasteiger partial charge in [0.05, 0.1) is 22.6 Å². The van der Waals surface area contributed by atoms with E-state index in [0.29, 0.717) is 22.9 Å². The van der Waals surface area contributed by atoms with E-state index in [4.69, 9.17) is 4.74 Å². The van der Waals surface area contributed by atoms with Gasteiger partial charge in [-0.25, -0.2) is 8.42 Å². The molecule has 0 saturated heterocycles. The summed E-state index contributed by atoms with van der Waals surface area (Å²) in [6.07, 6.45) is 1.73. The standard InChI is InChI=1S/C22H22N2O4S2/c1-15-13-18(9-10-20(15)28-2)30(26,27)23-17-8-7-16-5-3-11-24(19(16)14-17)22(25)21-6-4-12-29-21/h4,6-10,12-14,23H,3,5,11H2,1-2H3. The molecular formula is C22H22N2O4S2. The zero-order chi connectivity index (χ0) is 21.3. The highest BCUT2D eigenvalue weighted by Gasteiger charge is 2.25. The number of aryl methyl sites for hydroxylation is 2. The second kappa shape index (κ2) is 8.12. The predicted octanol–water partition coefficient (Wildman–Crippen LogP) is 4.46. The van der Waals surface area contributed by atoms with Gasteiger partial charge in [-0.2, -0.15) is 0 Å². The van der Waals surface area contributed by atoms with Crippen LogP contribution in [-0.4, -0.2) is 28.0 Å². The minimum atomic E-state index is -3.78. The molecule has 30 heavy (non-hydrogen) atoms. The predicted molar refractivity (Wildman–Crippen MR) is 119 cm³/mol. The fourth-order valence-electron chi connectivity index (χ4n) is 3.61. The first-order chi connectivity index (χ1) is 14.4. The van der Waals surface area contributed by atoms with Crippen LogP contribution in [0.2, 0.25) is 0 Å². The van der Waals surface area contributed by atoms with Crippen LogP contribution < -0.4 is 14.4 Å². The maximum atomic E-state index is 12.9. The number of amides is 1. The normalized spacial score (nSPS) is 13.6. The Balaban J connectivity index is 1.64. The van der Waals surface area contributed by atoms with Crippen LogP contribution in [0.25, 0.3) is 0 Å². The number of hydrogen-bond donors (Lipinski definition) is 1. The molecule has 0 aliphatic carbocycles. The summed E-state index contributed by atoms with van der Waals surface area (Å²) >= 11 is 1.40. The number of rotatable bonds is 5. The number of carbonyl (C=O) groups is 1. The SMILES string of the molecule is COc1ccc(S(=O)(=O)Nc2ccc3c(c2)N(C(=O)c2cccs2)CCC3)cc1C. The van der Waals surface area contributed by atoms with Gasteiger partial charge in [0.25, 0.3) is 15.9 Å². The van der Waals surface area contributed by atoms with E-state index >= 15 is 0 Å². The number of nitrogens with zero attached hydrogens (tertiary/aromatic N) is 1. The molecule has 1 aromatic heterocycles. The van der Waals surface area contributed by atoms with Gasteiger partial charge in [-0.05, 0) is 72.7 Å². The van der Waals surface area contributed by atoms with Crippen molar-refractivity contribution >= 4 is 38.6 Å². The van der Waals surface area contributed by atoms with E-state index in [0.717, 1.165) is 29.7 Å². The van der Waals surface area contributed by atoms with Crippen molar-refractivity contribution in [3.63, 3.8) is 0 Å². The van der Waals surface area contributed by atoms with Crippen molar-refractivity contribution in [2.75, 3.05) is 23.3 Å². The molecule has 0 unspecified atom stereocenters. The molecule has 6 nitrogen and oxygen atoms in total. The van der Waals surface area contributed by atoms with Gasteiger partial charge in [0.2, 0.25) is 0 Å². The summed E-state index contributed by atoms with van der Waals surface area (Å²) in [5.41, 5.74) is 2.95. The fourth-order valence-corrected chi connectivity index (χ4v) is 5.42. The number of carbonyl (C=O) groups excluding carboxylic acids is 1. The lowest BCUT2D eigenvalue weighted by atomic mass is 10.0. The summed E-state index contributed by atoms with van der Waals surface area (Å²) < 4.78 is 33.6. The lowest BCUT2D eigenvalue weighted by molar-refractivity contribution is 0.0989. The molecular weight excluding hydrogens is 420 g/mol. The smallest absolute Gasteiger partial charge is 0.268 e. The monoisotopic (exact) mass is 442 g/mol. The molecule has 0 spiro atoms. The number of anilines is 2. The summed E-state index contributed by atoms with van der Waals surface area (Å²) in [5, 5.41) is 1.87. The third-order valence-corrected chi connectivity index (χ3v) is 7.35. The quantitative estimate of drug-likeness (QED) is 0.633. The van der Waals surface area contributed by atoms with E-state index in [1.165, 1.54) is 17.4 Å². The highest BCUT2D eigenvalue weighted by molar-refractivity contribution is 7.92. The molecule has 4 rings (SSSR count). The molecule has 0 radical (unpaired) electrons. The van der Waals surface area contributed by atoms with Crippen molar-refractivity contribution < 1.29 is 17.9 Å². The van der Waals surface area contributed by atoms with Crippen LogP contribution in [0, 0.1) is 6.92 Å². The van der Waals surface area contributed by atoms with Gasteiger partial charge >= 0.3 is 0 Å². The maximum Gasteiger partial charge on any atom is 0.268 e. The second-order valence-electron chi connectivity index (χ2n) is 7.12. The summed E-state index contributed by atoms with van der Waals surface area (Å²) in [7, 11) is -2.23. The van der Waals surface area contributed by atoms with Gasteiger partial charge in [0.1, 0.15) is 5.75 Å². The highest BCUT2D eigenvalue weighted by atomic mass is 32.2. The van der Waals surface area contributed by atoms with Gasteiger partial charge in [0, 0.05) is 12.2 Å². The zero-order valence-corrected chi connectivity index (χ0v) is 18.3. The summed E-state index contributed by atoms with van der Waals surface area (Å²) in [6.45, 7) is 2.41. The van der Waals surface area contributed by atoms with E-state index in [9.17, 15) is 13.2 Å². The van der Waals surface area contributed by atoms with Crippen LogP contribution in [-0.2, 0) is 16.4 Å². The minimum Gasteiger partial charge on any atom is -0.496 e. The van der Waals surface area contributed by atoms with E-state index in [1.807, 2.05) is 17.5 Å². The molecule has 2 heterocycles. The van der Waals surface area contributed by atoms with Gasteiger partial charge in [-0.15, -0.1) is 11.3 Å². The van der Waals surface area contributed by atoms with Crippen LogP contribution in [0.4, 0.5) is 11.4 Å². The average Bonchev–Trinajstić information content (AvgIpc) is 3.27. The summed E-state index contributed by atoms with van der Waals surface area (Å²) in [4.78, 5) is 15.5. The number of fused-ring (bicyclic) bond motifs is 1. The largest absolute Gasteiger partial charge is 0.496 e. The molecule has 0 saturated carbocycles. The van der Waals surface area contributed by atoms with Gasteiger partial charge in [-0.3, -0.25) is 9.52 Å². The third kappa shape index (κ3) is 3.93. The van der Waals surface area contributed by atoms with Crippen LogP contribution in [0.1, 0.15) is 27.2 Å². The Hall–Kier alpha value is -2.84. The van der Waals surface area contributed by atoms with E-state index in [1.54, 1.807) is 49.3 Å². The van der Waals surface area contributed by atoms with Gasteiger partial charge in [-0.1, -0.05) is 12.1 Å². The first-order valence-corrected chi connectivity index (χ1v) is 11.9. The first-order valence-electron chi connectivity index (χ1n) is 9.55. The van der Waals surface area contributed by atoms with Crippen molar-refractivity contribution in [1.82, 2.24) is 0 Å². The van der Waals surface area contributed by atoms with Crippen LogP contribution in [0.5, 0.6) is 5.75 Å². The molecule has 1 aliphatic heterocycles. The van der Waals surface area contributed by atoms with Gasteiger partial charge < -0.3 is 9.64 Å². The van der Waals surface area contributed by atoms with Crippen LogP contribution >= 0.6 is 11.3 Å². The molecule has 2 aromatic carbocycles. The highest BCUT2D eigenvalue weighted by Crippen LogP contribution is 2.33. The topological polar surface area (TPSA) is 75.7 Å². The molecule has 1 aliphatic rings. The lowest BCUT2D eigenvalue weighted by Gasteiger charge is -2.29. The van der Waals surface area contributed by atoms with Crippen molar-refractivity contribution in [2.24, 2.45) is 0 Å². The van der Waals surface area contributed by atoms with Crippen molar-refractivity contribution in [3.05, 3.63) is 69.9 Å². The Kier molecular flexibility index (Phi) is 5.53. The second-order valence-corrected chi connectivity index (χ2v) is 9.75. The third-order valence-electron chi connectivity index (χ3n) is 5.11. The number of thiophene rings is 1. The molecule has 0 bridgehead atoms. The zero-order valence-electron chi connectivity index (χ0n) is 16.7. The molecule has 0 fully saturated rings. The summed E-state index contributed by atoms with van der Waals surface area (Å²) in [6, 6.07) is 13.8. The number of sulfonamides is 1. The number of nitrogens with one attached hydrogen (secondary N) is 1. The van der Waals surface area contributed by atoms with Crippen LogP contribution in [0.3, 0.4) is 0 Å². The maximum absolute atomic E-state index is 12.9. The van der Waals surface area contributed by atoms with Crippen molar-refractivity contribution in [3.8, 4) is 5.75 Å². The first kappa shape index (κ1) is 20.4. The fraction of sp³-hybridized carbons (Fsp3) is 0.227. The Morgan fingerprint density at radius 1 is 1.17 bits per heavy atom. The molecule has 3 aromatic rings. The van der Waals surface area contributed by atoms with E-state index in [2.05, 4.69) is 4.72 Å². The van der Waals surface area contributed by atoms with E-state index < -0.39 is 10.0 Å². The Morgan fingerprint density at radius 3 is 2.70 bits per heavy atom. The lowest BCUT2D eigenvalue weighted by Crippen LogP contribution is -2.35. The Labute approximate surface area is 180 Å². The number of benzene rings is 2. The minimum absolute atomic E-state index is 0.0586. The molecule has 1 amide bonds. The average molecular weight is 443 g/mol. The molecule has 0 atom stereocenters. The molecule has 8 heteroatoms. The number of hydrogen-bond acceptors (Lipinski definition) is 5. The van der Waals surface area contributed by atoms with Crippen molar-refractivity contribution in [1.29, 1.82) is 0 Å². The van der Waals surface area contributed by atoms with Gasteiger partial charge in [0.15, 0.2) is 0 Å². The molecule has 1 N–H and O–H groups in total. The number of methoxy groups -OCH3 is 1. The Bertz CT molecular complexity index is 1190. The molecule has 156 valence electrons. The van der Waals surface area contributed by atoms with Crippen LogP contribution in [0.15, 0.2) is 58.8 Å².